The number of para-hydroxylation sites is 1. The molecule has 1 N–H and O–H groups in total. The number of sulfonamides is 1. The van der Waals surface area contributed by atoms with E-state index in [-0.39, 0.29) is 0 Å². The summed E-state index contributed by atoms with van der Waals surface area (Å²) in [5, 5.41) is 3.24. The fraction of sp³-hybridized carbons (Fsp3) is 0.500. The maximum atomic E-state index is 13.9. The van der Waals surface area contributed by atoms with Crippen molar-refractivity contribution in [3.63, 3.8) is 0 Å². The van der Waals surface area contributed by atoms with E-state index in [1.165, 1.54) is 0 Å². The van der Waals surface area contributed by atoms with Gasteiger partial charge in [-0.3, -0.25) is 4.31 Å². The summed E-state index contributed by atoms with van der Waals surface area (Å²) in [7, 11) is -1.67. The van der Waals surface area contributed by atoms with Crippen molar-refractivity contribution in [3.8, 4) is 0 Å². The highest BCUT2D eigenvalue weighted by Gasteiger charge is 2.32. The van der Waals surface area contributed by atoms with Gasteiger partial charge in [-0.05, 0) is 73.4 Å². The minimum Gasteiger partial charge on any atom is -0.319 e. The summed E-state index contributed by atoms with van der Waals surface area (Å²) >= 11 is 0. The molecule has 0 bridgehead atoms. The highest BCUT2D eigenvalue weighted by atomic mass is 32.2. The zero-order chi connectivity index (χ0) is 21.0. The molecule has 158 valence electrons. The van der Waals surface area contributed by atoms with Crippen LogP contribution in [0.3, 0.4) is 0 Å². The standard InChI is InChI=1S/C24H34N2O2S/c1-5-18-13-14-22(20(7-3)17-25-4)16-23(18)29(27,28)26-15-9-12-21-11-8-10-19(6-2)24(21)26/h8,10-11,13-14,16,20,25H,5-7,9,12,15,17H2,1-4H3. The lowest BCUT2D eigenvalue weighted by atomic mass is 9.95. The Morgan fingerprint density at radius 1 is 1.07 bits per heavy atom. The van der Waals surface area contributed by atoms with Gasteiger partial charge in [-0.2, -0.15) is 0 Å². The first-order valence-electron chi connectivity index (χ1n) is 10.9. The van der Waals surface area contributed by atoms with E-state index in [1.54, 1.807) is 4.31 Å². The first-order chi connectivity index (χ1) is 14.0. The van der Waals surface area contributed by atoms with Crippen LogP contribution in [-0.2, 0) is 29.3 Å². The van der Waals surface area contributed by atoms with Crippen LogP contribution in [-0.4, -0.2) is 28.6 Å². The van der Waals surface area contributed by atoms with E-state index < -0.39 is 10.0 Å². The van der Waals surface area contributed by atoms with Crippen molar-refractivity contribution in [1.82, 2.24) is 5.32 Å². The van der Waals surface area contributed by atoms with Gasteiger partial charge in [-0.25, -0.2) is 8.42 Å². The molecule has 3 rings (SSSR count). The van der Waals surface area contributed by atoms with Crippen LogP contribution in [0.2, 0.25) is 0 Å². The van der Waals surface area contributed by atoms with E-state index in [4.69, 9.17) is 0 Å². The Bertz CT molecular complexity index is 939. The predicted octanol–water partition coefficient (Wildman–Crippen LogP) is 4.67. The number of benzene rings is 2. The van der Waals surface area contributed by atoms with Gasteiger partial charge >= 0.3 is 0 Å². The molecule has 0 fully saturated rings. The van der Waals surface area contributed by atoms with Gasteiger partial charge in [-0.1, -0.05) is 51.1 Å². The number of anilines is 1. The molecule has 0 amide bonds. The van der Waals surface area contributed by atoms with E-state index >= 15 is 0 Å². The maximum absolute atomic E-state index is 13.9. The zero-order valence-corrected chi connectivity index (χ0v) is 19.0. The molecule has 5 heteroatoms. The molecule has 1 atom stereocenters. The molecule has 0 saturated carbocycles. The molecule has 0 radical (unpaired) electrons. The molecule has 29 heavy (non-hydrogen) atoms. The van der Waals surface area contributed by atoms with Crippen molar-refractivity contribution < 1.29 is 8.42 Å². The van der Waals surface area contributed by atoms with Crippen LogP contribution >= 0.6 is 0 Å². The van der Waals surface area contributed by atoms with E-state index in [0.29, 0.717) is 23.8 Å². The number of rotatable bonds is 8. The van der Waals surface area contributed by atoms with Crippen molar-refractivity contribution in [3.05, 3.63) is 58.7 Å². The molecule has 0 aliphatic carbocycles. The van der Waals surface area contributed by atoms with Gasteiger partial charge in [0.2, 0.25) is 0 Å². The van der Waals surface area contributed by atoms with E-state index in [9.17, 15) is 8.42 Å². The summed E-state index contributed by atoms with van der Waals surface area (Å²) in [6.07, 6.45) is 4.30. The summed E-state index contributed by atoms with van der Waals surface area (Å²) in [5.74, 6) is 0.305. The van der Waals surface area contributed by atoms with Crippen LogP contribution in [0.15, 0.2) is 41.3 Å². The lowest BCUT2D eigenvalue weighted by Crippen LogP contribution is -2.37. The quantitative estimate of drug-likeness (QED) is 0.683. The Labute approximate surface area is 176 Å². The third kappa shape index (κ3) is 4.22. The number of nitrogens with one attached hydrogen (secondary N) is 1. The van der Waals surface area contributed by atoms with Gasteiger partial charge < -0.3 is 5.32 Å². The molecule has 4 nitrogen and oxygen atoms in total. The Morgan fingerprint density at radius 2 is 1.83 bits per heavy atom. The Balaban J connectivity index is 2.14. The molecule has 1 heterocycles. The molecule has 2 aromatic rings. The van der Waals surface area contributed by atoms with Crippen LogP contribution < -0.4 is 9.62 Å². The van der Waals surface area contributed by atoms with Crippen molar-refractivity contribution in [2.24, 2.45) is 0 Å². The molecule has 0 aromatic heterocycles. The highest BCUT2D eigenvalue weighted by molar-refractivity contribution is 7.92. The minimum atomic E-state index is -3.62. The predicted molar refractivity (Wildman–Crippen MR) is 121 cm³/mol. The average molecular weight is 415 g/mol. The lowest BCUT2D eigenvalue weighted by molar-refractivity contribution is 0.583. The fourth-order valence-electron chi connectivity index (χ4n) is 4.44. The van der Waals surface area contributed by atoms with Crippen molar-refractivity contribution in [2.75, 3.05) is 24.4 Å². The molecular weight excluding hydrogens is 380 g/mol. The average Bonchev–Trinajstić information content (AvgIpc) is 2.76. The van der Waals surface area contributed by atoms with Crippen LogP contribution in [0.25, 0.3) is 0 Å². The smallest absolute Gasteiger partial charge is 0.264 e. The molecular formula is C24H34N2O2S. The van der Waals surface area contributed by atoms with Gasteiger partial charge in [0.15, 0.2) is 0 Å². The van der Waals surface area contributed by atoms with Crippen molar-refractivity contribution in [1.29, 1.82) is 0 Å². The Hall–Kier alpha value is -1.85. The Kier molecular flexibility index (Phi) is 7.01. The third-order valence-corrected chi connectivity index (χ3v) is 7.98. The number of nitrogens with zero attached hydrogens (tertiary/aromatic N) is 1. The summed E-state index contributed by atoms with van der Waals surface area (Å²) in [5.41, 5.74) is 5.17. The van der Waals surface area contributed by atoms with Crippen LogP contribution in [0.5, 0.6) is 0 Å². The lowest BCUT2D eigenvalue weighted by Gasteiger charge is -2.33. The topological polar surface area (TPSA) is 49.4 Å². The van der Waals surface area contributed by atoms with Gasteiger partial charge in [0.25, 0.3) is 10.0 Å². The zero-order valence-electron chi connectivity index (χ0n) is 18.2. The second-order valence-corrected chi connectivity index (χ2v) is 9.67. The van der Waals surface area contributed by atoms with Crippen LogP contribution in [0.1, 0.15) is 61.8 Å². The van der Waals surface area contributed by atoms with Crippen molar-refractivity contribution in [2.45, 2.75) is 63.7 Å². The second kappa shape index (κ2) is 9.31. The largest absolute Gasteiger partial charge is 0.319 e. The first kappa shape index (κ1) is 21.8. The van der Waals surface area contributed by atoms with Crippen LogP contribution in [0.4, 0.5) is 5.69 Å². The molecule has 2 aromatic carbocycles. The number of aryl methyl sites for hydroxylation is 3. The second-order valence-electron chi connectivity index (χ2n) is 7.84. The van der Waals surface area contributed by atoms with Gasteiger partial charge in [0, 0.05) is 13.1 Å². The van der Waals surface area contributed by atoms with Gasteiger partial charge in [0.05, 0.1) is 10.6 Å². The van der Waals surface area contributed by atoms with Gasteiger partial charge in [0.1, 0.15) is 0 Å². The SMILES string of the molecule is CCc1ccc(C(CC)CNC)cc1S(=O)(=O)N1CCCc2cccc(CC)c21. The number of likely N-dealkylation sites (N-methyl/N-ethyl adjacent to an activating group) is 1. The summed E-state index contributed by atoms with van der Waals surface area (Å²) in [6.45, 7) is 7.66. The van der Waals surface area contributed by atoms with Crippen LogP contribution in [0, 0.1) is 0 Å². The molecule has 0 spiro atoms. The molecule has 1 aliphatic rings. The Morgan fingerprint density at radius 3 is 2.48 bits per heavy atom. The van der Waals surface area contributed by atoms with E-state index in [1.807, 2.05) is 26.1 Å². The van der Waals surface area contributed by atoms with Crippen molar-refractivity contribution >= 4 is 15.7 Å². The minimum absolute atomic E-state index is 0.305. The number of hydrogen-bond acceptors (Lipinski definition) is 3. The van der Waals surface area contributed by atoms with E-state index in [0.717, 1.165) is 60.2 Å². The fourth-order valence-corrected chi connectivity index (χ4v) is 6.35. The first-order valence-corrected chi connectivity index (χ1v) is 12.3. The monoisotopic (exact) mass is 414 g/mol. The normalized spacial score (nSPS) is 15.2. The third-order valence-electron chi connectivity index (χ3n) is 6.10. The summed E-state index contributed by atoms with van der Waals surface area (Å²) < 4.78 is 29.5. The number of hydrogen-bond donors (Lipinski definition) is 1. The summed E-state index contributed by atoms with van der Waals surface area (Å²) in [6, 6.07) is 12.2. The maximum Gasteiger partial charge on any atom is 0.264 e. The molecule has 1 unspecified atom stereocenters. The molecule has 1 aliphatic heterocycles. The molecule has 0 saturated heterocycles. The number of fused-ring (bicyclic) bond motifs is 1. The van der Waals surface area contributed by atoms with Gasteiger partial charge in [-0.15, -0.1) is 0 Å². The summed E-state index contributed by atoms with van der Waals surface area (Å²) in [4.78, 5) is 0.478. The van der Waals surface area contributed by atoms with E-state index in [2.05, 4.69) is 43.4 Å². The highest BCUT2D eigenvalue weighted by Crippen LogP contribution is 2.37.